The zero-order chi connectivity index (χ0) is 13.0. The molecule has 4 N–H and O–H groups in total. The number of carbonyl (C=O) groups is 1. The maximum Gasteiger partial charge on any atom is 0.538 e. The number of phosphoric ester groups is 1. The van der Waals surface area contributed by atoms with Crippen molar-refractivity contribution in [3.05, 3.63) is 11.6 Å². The molecule has 0 spiro atoms. The first-order valence-corrected chi connectivity index (χ1v) is 6.73. The van der Waals surface area contributed by atoms with Crippen molar-refractivity contribution in [1.29, 1.82) is 0 Å². The number of aliphatic hydroxyl groups excluding tert-OH is 1. The first kappa shape index (κ1) is 15.5. The van der Waals surface area contributed by atoms with Gasteiger partial charge in [0, 0.05) is 0 Å². The molecule has 0 aromatic rings. The standard InChI is InChI=1S/C5H10O9P2/c1-2-4(3-6)5(7)13-16(11,12)14-15(8,9)10/h2,6H,3H2,1H3,(H,11,12)(H2,8,9,10). The van der Waals surface area contributed by atoms with Crippen LogP contribution >= 0.6 is 15.6 Å². The van der Waals surface area contributed by atoms with Gasteiger partial charge in [0.1, 0.15) is 0 Å². The van der Waals surface area contributed by atoms with Gasteiger partial charge >= 0.3 is 21.6 Å². The summed E-state index contributed by atoms with van der Waals surface area (Å²) in [5.74, 6) is -1.41. The van der Waals surface area contributed by atoms with Crippen LogP contribution in [0.4, 0.5) is 0 Å². The lowest BCUT2D eigenvalue weighted by molar-refractivity contribution is -0.131. The molecule has 0 fully saturated rings. The Hall–Kier alpha value is -0.530. The summed E-state index contributed by atoms with van der Waals surface area (Å²) in [5.41, 5.74) is -0.358. The summed E-state index contributed by atoms with van der Waals surface area (Å²) in [6, 6.07) is 0. The molecular weight excluding hydrogens is 266 g/mol. The van der Waals surface area contributed by atoms with E-state index in [2.05, 4.69) is 8.83 Å². The van der Waals surface area contributed by atoms with E-state index >= 15 is 0 Å². The molecule has 0 aliphatic carbocycles. The number of hydrogen-bond acceptors (Lipinski definition) is 6. The highest BCUT2D eigenvalue weighted by Crippen LogP contribution is 2.57. The zero-order valence-corrected chi connectivity index (χ0v) is 9.80. The minimum atomic E-state index is -5.26. The molecule has 1 unspecified atom stereocenters. The van der Waals surface area contributed by atoms with Crippen LogP contribution < -0.4 is 0 Å². The molecule has 0 aromatic heterocycles. The summed E-state index contributed by atoms with van der Waals surface area (Å²) >= 11 is 0. The van der Waals surface area contributed by atoms with Crippen LogP contribution in [0.1, 0.15) is 6.92 Å². The largest absolute Gasteiger partial charge is 0.538 e. The molecule has 9 nitrogen and oxygen atoms in total. The fraction of sp³-hybridized carbons (Fsp3) is 0.400. The Bertz CT molecular complexity index is 379. The van der Waals surface area contributed by atoms with Gasteiger partial charge in [-0.2, -0.15) is 4.31 Å². The van der Waals surface area contributed by atoms with Crippen molar-refractivity contribution in [2.45, 2.75) is 6.92 Å². The number of phosphoric acid groups is 2. The van der Waals surface area contributed by atoms with Gasteiger partial charge in [0.05, 0.1) is 12.2 Å². The van der Waals surface area contributed by atoms with E-state index in [4.69, 9.17) is 19.8 Å². The predicted molar refractivity (Wildman–Crippen MR) is 49.9 cm³/mol. The van der Waals surface area contributed by atoms with E-state index in [-0.39, 0.29) is 5.57 Å². The van der Waals surface area contributed by atoms with Gasteiger partial charge in [-0.1, -0.05) is 6.08 Å². The third-order valence-corrected chi connectivity index (χ3v) is 3.26. The summed E-state index contributed by atoms with van der Waals surface area (Å²) < 4.78 is 28.2. The molecule has 0 bridgehead atoms. The lowest BCUT2D eigenvalue weighted by atomic mass is 10.3. The molecular formula is C5H10O9P2. The predicted octanol–water partition coefficient (Wildman–Crippen LogP) is -0.322. The van der Waals surface area contributed by atoms with Crippen molar-refractivity contribution in [2.24, 2.45) is 0 Å². The van der Waals surface area contributed by atoms with Gasteiger partial charge < -0.3 is 19.4 Å². The Labute approximate surface area is 90.2 Å². The van der Waals surface area contributed by atoms with E-state index in [0.29, 0.717) is 0 Å². The average molecular weight is 276 g/mol. The molecule has 0 saturated carbocycles. The quantitative estimate of drug-likeness (QED) is 0.391. The van der Waals surface area contributed by atoms with Crippen molar-refractivity contribution in [1.82, 2.24) is 0 Å². The molecule has 0 saturated heterocycles. The summed E-state index contributed by atoms with van der Waals surface area (Å²) in [7, 11) is -10.5. The molecule has 0 radical (unpaired) electrons. The second kappa shape index (κ2) is 5.70. The van der Waals surface area contributed by atoms with Crippen LogP contribution in [0.5, 0.6) is 0 Å². The van der Waals surface area contributed by atoms with Crippen molar-refractivity contribution >= 4 is 21.6 Å². The van der Waals surface area contributed by atoms with Crippen LogP contribution in [-0.4, -0.2) is 32.4 Å². The second-order valence-corrected chi connectivity index (χ2v) is 5.15. The highest BCUT2D eigenvalue weighted by Gasteiger charge is 2.36. The Morgan fingerprint density at radius 1 is 1.31 bits per heavy atom. The van der Waals surface area contributed by atoms with E-state index in [0.717, 1.165) is 6.08 Å². The number of aliphatic hydroxyl groups is 1. The van der Waals surface area contributed by atoms with Gasteiger partial charge in [0.15, 0.2) is 0 Å². The SMILES string of the molecule is CC=C(CO)C(=O)OP(=O)(O)OP(=O)(O)O. The third-order valence-electron chi connectivity index (χ3n) is 1.19. The number of carbonyl (C=O) groups excluding carboxylic acids is 1. The van der Waals surface area contributed by atoms with Crippen molar-refractivity contribution in [3.63, 3.8) is 0 Å². The van der Waals surface area contributed by atoms with Gasteiger partial charge in [0.25, 0.3) is 0 Å². The van der Waals surface area contributed by atoms with Crippen LogP contribution in [0.2, 0.25) is 0 Å². The first-order valence-electron chi connectivity index (χ1n) is 3.71. The molecule has 0 aliphatic rings. The normalized spacial score (nSPS) is 16.7. The summed E-state index contributed by atoms with van der Waals surface area (Å²) in [6.45, 7) is 0.587. The van der Waals surface area contributed by atoms with Crippen LogP contribution in [0.3, 0.4) is 0 Å². The van der Waals surface area contributed by atoms with E-state index in [1.165, 1.54) is 6.92 Å². The van der Waals surface area contributed by atoms with Crippen molar-refractivity contribution in [2.75, 3.05) is 6.61 Å². The molecule has 0 aliphatic heterocycles. The molecule has 0 rings (SSSR count). The molecule has 1 atom stereocenters. The Kier molecular flexibility index (Phi) is 5.51. The van der Waals surface area contributed by atoms with E-state index in [1.807, 2.05) is 0 Å². The van der Waals surface area contributed by atoms with Crippen molar-refractivity contribution in [3.8, 4) is 0 Å². The zero-order valence-electron chi connectivity index (χ0n) is 8.01. The topological polar surface area (TPSA) is 151 Å². The van der Waals surface area contributed by atoms with E-state index in [1.54, 1.807) is 0 Å². The molecule has 94 valence electrons. The summed E-state index contributed by atoms with van der Waals surface area (Å²) in [6.07, 6.45) is 1.10. The maximum atomic E-state index is 11.0. The Morgan fingerprint density at radius 3 is 2.12 bits per heavy atom. The average Bonchev–Trinajstić information content (AvgIpc) is 1.99. The second-order valence-electron chi connectivity index (χ2n) is 2.39. The minimum Gasteiger partial charge on any atom is -0.391 e. The number of rotatable bonds is 5. The fourth-order valence-electron chi connectivity index (χ4n) is 0.588. The summed E-state index contributed by atoms with van der Waals surface area (Å²) in [5, 5.41) is 8.59. The first-order chi connectivity index (χ1) is 7.11. The molecule has 16 heavy (non-hydrogen) atoms. The Balaban J connectivity index is 4.67. The number of hydrogen-bond donors (Lipinski definition) is 4. The monoisotopic (exact) mass is 276 g/mol. The maximum absolute atomic E-state index is 11.0. The van der Waals surface area contributed by atoms with Gasteiger partial charge in [-0.25, -0.2) is 13.9 Å². The van der Waals surface area contributed by atoms with Gasteiger partial charge in [-0.15, -0.1) is 0 Å². The minimum absolute atomic E-state index is 0.358. The van der Waals surface area contributed by atoms with E-state index < -0.39 is 28.2 Å². The fourth-order valence-corrected chi connectivity index (χ4v) is 2.12. The van der Waals surface area contributed by atoms with Gasteiger partial charge in [0.2, 0.25) is 0 Å². The smallest absolute Gasteiger partial charge is 0.391 e. The Morgan fingerprint density at radius 2 is 1.81 bits per heavy atom. The third kappa shape index (κ3) is 6.14. The molecule has 0 amide bonds. The van der Waals surface area contributed by atoms with Crippen LogP contribution in [0.25, 0.3) is 0 Å². The summed E-state index contributed by atoms with van der Waals surface area (Å²) in [4.78, 5) is 36.2. The molecule has 11 heteroatoms. The molecule has 0 heterocycles. The van der Waals surface area contributed by atoms with Crippen LogP contribution in [-0.2, 0) is 22.8 Å². The van der Waals surface area contributed by atoms with Crippen LogP contribution in [0.15, 0.2) is 11.6 Å². The highest BCUT2D eigenvalue weighted by atomic mass is 31.3. The van der Waals surface area contributed by atoms with Gasteiger partial charge in [-0.05, 0) is 6.92 Å². The highest BCUT2D eigenvalue weighted by molar-refractivity contribution is 7.61. The number of allylic oxidation sites excluding steroid dienone is 1. The van der Waals surface area contributed by atoms with E-state index in [9.17, 15) is 13.9 Å². The lowest BCUT2D eigenvalue weighted by Gasteiger charge is -2.12. The molecule has 0 aromatic carbocycles. The van der Waals surface area contributed by atoms with Gasteiger partial charge in [-0.3, -0.25) is 4.89 Å². The lowest BCUT2D eigenvalue weighted by Crippen LogP contribution is -2.10. The van der Waals surface area contributed by atoms with Crippen molar-refractivity contribution < 1.29 is 42.5 Å². The van der Waals surface area contributed by atoms with Crippen LogP contribution in [0, 0.1) is 0 Å².